The molecule has 1 N–H and O–H groups in total. The molecule has 2 heterocycles. The summed E-state index contributed by atoms with van der Waals surface area (Å²) in [4.78, 5) is 19.9. The van der Waals surface area contributed by atoms with Gasteiger partial charge >= 0.3 is 0 Å². The second-order valence-corrected chi connectivity index (χ2v) is 5.68. The van der Waals surface area contributed by atoms with Gasteiger partial charge in [-0.1, -0.05) is 0 Å². The molecule has 1 amide bonds. The Morgan fingerprint density at radius 1 is 1.19 bits per heavy atom. The summed E-state index contributed by atoms with van der Waals surface area (Å²) in [5, 5.41) is 3.63. The first-order chi connectivity index (χ1) is 10.3. The van der Waals surface area contributed by atoms with Crippen LogP contribution in [0.5, 0.6) is 0 Å². The molecule has 3 rings (SSSR count). The van der Waals surface area contributed by atoms with Gasteiger partial charge in [0.15, 0.2) is 10.8 Å². The Balaban J connectivity index is 1.64. The van der Waals surface area contributed by atoms with E-state index in [0.29, 0.717) is 17.3 Å². The number of rotatable bonds is 3. The highest BCUT2D eigenvalue weighted by atomic mass is 16.2. The third-order valence-corrected chi connectivity index (χ3v) is 4.39. The van der Waals surface area contributed by atoms with Crippen LogP contribution in [0.15, 0.2) is 29.4 Å². The zero-order valence-electron chi connectivity index (χ0n) is 12.0. The minimum Gasteiger partial charge on any atom is -0.337 e. The van der Waals surface area contributed by atoms with Crippen molar-refractivity contribution in [2.24, 2.45) is 5.11 Å². The van der Waals surface area contributed by atoms with E-state index < -0.39 is 0 Å². The highest BCUT2D eigenvalue weighted by molar-refractivity contribution is 5.94. The summed E-state index contributed by atoms with van der Waals surface area (Å²) < 4.78 is 0. The molecule has 1 atom stereocenters. The Bertz CT molecular complexity index is 558. The second-order valence-electron chi connectivity index (χ2n) is 5.68. The minimum atomic E-state index is 0.0889. The molecule has 0 spiro atoms. The largest absolute Gasteiger partial charge is 0.337 e. The van der Waals surface area contributed by atoms with Crippen LogP contribution < -0.4 is 4.91 Å². The van der Waals surface area contributed by atoms with Crippen LogP contribution in [-0.4, -0.2) is 47.9 Å². The van der Waals surface area contributed by atoms with Crippen LogP contribution >= 0.6 is 0 Å². The number of amides is 1. The maximum atomic E-state index is 12.5. The number of nitrogens with zero attached hydrogens (tertiary/aromatic N) is 4. The standard InChI is InChI=1S/C15H20N5O/c16-18-17-13-5-3-12(4-6-13)15(21)20-10-7-14(11-20)19-8-1-2-9-19/h3-6,14,16H,1-2,7-11H2/q+1. The Kier molecular flexibility index (Phi) is 4.08. The van der Waals surface area contributed by atoms with Crippen molar-refractivity contribution in [1.29, 1.82) is 5.53 Å². The fraction of sp³-hybridized carbons (Fsp3) is 0.533. The minimum absolute atomic E-state index is 0.0889. The summed E-state index contributed by atoms with van der Waals surface area (Å²) in [6, 6.07) is 7.50. The second kappa shape index (κ2) is 6.16. The molecule has 1 aromatic carbocycles. The van der Waals surface area contributed by atoms with Crippen molar-refractivity contribution < 1.29 is 4.79 Å². The van der Waals surface area contributed by atoms with Crippen molar-refractivity contribution in [3.05, 3.63) is 29.8 Å². The van der Waals surface area contributed by atoms with Crippen LogP contribution in [-0.2, 0) is 0 Å². The lowest BCUT2D eigenvalue weighted by molar-refractivity contribution is 0.0780. The van der Waals surface area contributed by atoms with Gasteiger partial charge in [0.1, 0.15) is 5.53 Å². The lowest BCUT2D eigenvalue weighted by atomic mass is 10.2. The van der Waals surface area contributed by atoms with Gasteiger partial charge in [-0.15, -0.1) is 0 Å². The summed E-state index contributed by atoms with van der Waals surface area (Å²) in [5.41, 5.74) is 7.97. The Hall–Kier alpha value is -2.04. The number of likely N-dealkylation sites (tertiary alicyclic amines) is 2. The summed E-state index contributed by atoms with van der Waals surface area (Å²) in [5.74, 6) is 0.0889. The summed E-state index contributed by atoms with van der Waals surface area (Å²) in [7, 11) is 0. The van der Waals surface area contributed by atoms with E-state index in [9.17, 15) is 4.79 Å². The van der Waals surface area contributed by atoms with Gasteiger partial charge < -0.3 is 4.90 Å². The van der Waals surface area contributed by atoms with E-state index in [1.54, 1.807) is 24.3 Å². The Labute approximate surface area is 124 Å². The number of hydrogen-bond acceptors (Lipinski definition) is 4. The van der Waals surface area contributed by atoms with Gasteiger partial charge in [0.05, 0.1) is 0 Å². The van der Waals surface area contributed by atoms with E-state index in [4.69, 9.17) is 5.53 Å². The normalized spacial score (nSPS) is 22.3. The number of nitrogens with one attached hydrogen (secondary N) is 1. The van der Waals surface area contributed by atoms with Crippen LogP contribution in [0.3, 0.4) is 0 Å². The molecule has 2 aliphatic rings. The van der Waals surface area contributed by atoms with Crippen molar-refractivity contribution in [2.45, 2.75) is 25.3 Å². The predicted molar refractivity (Wildman–Crippen MR) is 78.5 cm³/mol. The van der Waals surface area contributed by atoms with Gasteiger partial charge in [-0.25, -0.2) is 0 Å². The molecule has 1 unspecified atom stereocenters. The van der Waals surface area contributed by atoms with Crippen LogP contribution in [0.4, 0.5) is 5.69 Å². The van der Waals surface area contributed by atoms with Gasteiger partial charge in [-0.2, -0.15) is 0 Å². The van der Waals surface area contributed by atoms with Gasteiger partial charge in [0.2, 0.25) is 4.91 Å². The fourth-order valence-corrected chi connectivity index (χ4v) is 3.24. The van der Waals surface area contributed by atoms with Crippen LogP contribution in [0.25, 0.3) is 0 Å². The molecule has 0 bridgehead atoms. The van der Waals surface area contributed by atoms with E-state index in [-0.39, 0.29) is 5.91 Å². The quantitative estimate of drug-likeness (QED) is 0.683. The first-order valence-corrected chi connectivity index (χ1v) is 7.49. The monoisotopic (exact) mass is 286 g/mol. The van der Waals surface area contributed by atoms with E-state index in [0.717, 1.165) is 19.5 Å². The first kappa shape index (κ1) is 13.9. The average Bonchev–Trinajstić information content (AvgIpc) is 3.19. The van der Waals surface area contributed by atoms with Gasteiger partial charge in [-0.3, -0.25) is 9.69 Å². The zero-order valence-corrected chi connectivity index (χ0v) is 12.0. The van der Waals surface area contributed by atoms with E-state index in [1.165, 1.54) is 25.9 Å². The molecule has 2 saturated heterocycles. The lowest BCUT2D eigenvalue weighted by Crippen LogP contribution is -2.37. The van der Waals surface area contributed by atoms with E-state index >= 15 is 0 Å². The van der Waals surface area contributed by atoms with Crippen molar-refractivity contribution >= 4 is 11.6 Å². The highest BCUT2D eigenvalue weighted by Gasteiger charge is 2.31. The molecular formula is C15H20N5O+. The van der Waals surface area contributed by atoms with E-state index in [2.05, 4.69) is 14.9 Å². The molecular weight excluding hydrogens is 266 g/mol. The van der Waals surface area contributed by atoms with Crippen molar-refractivity contribution in [3.63, 3.8) is 0 Å². The Morgan fingerprint density at radius 2 is 1.90 bits per heavy atom. The van der Waals surface area contributed by atoms with Crippen molar-refractivity contribution in [1.82, 2.24) is 14.7 Å². The molecule has 2 aliphatic heterocycles. The molecule has 0 aliphatic carbocycles. The predicted octanol–water partition coefficient (Wildman–Crippen LogP) is 2.18. The van der Waals surface area contributed by atoms with Crippen LogP contribution in [0.2, 0.25) is 0 Å². The zero-order chi connectivity index (χ0) is 14.7. The topological polar surface area (TPSA) is 73.9 Å². The summed E-state index contributed by atoms with van der Waals surface area (Å²) in [6.45, 7) is 4.04. The maximum absolute atomic E-state index is 12.5. The molecule has 110 valence electrons. The highest BCUT2D eigenvalue weighted by Crippen LogP contribution is 2.22. The summed E-state index contributed by atoms with van der Waals surface area (Å²) in [6.07, 6.45) is 3.66. The number of carbonyl (C=O) groups is 1. The van der Waals surface area contributed by atoms with Gasteiger partial charge in [0, 0.05) is 24.7 Å². The molecule has 0 saturated carbocycles. The Morgan fingerprint density at radius 3 is 2.57 bits per heavy atom. The third kappa shape index (κ3) is 3.01. The summed E-state index contributed by atoms with van der Waals surface area (Å²) >= 11 is 0. The van der Waals surface area contributed by atoms with E-state index in [1.807, 2.05) is 4.90 Å². The van der Waals surface area contributed by atoms with Crippen molar-refractivity contribution in [2.75, 3.05) is 26.2 Å². The molecule has 21 heavy (non-hydrogen) atoms. The van der Waals surface area contributed by atoms with Crippen LogP contribution in [0, 0.1) is 5.53 Å². The number of carbonyl (C=O) groups excluding carboxylic acids is 1. The smallest absolute Gasteiger partial charge is 0.253 e. The molecule has 1 aromatic rings. The number of benzene rings is 1. The first-order valence-electron chi connectivity index (χ1n) is 7.49. The molecule has 0 aromatic heterocycles. The third-order valence-electron chi connectivity index (χ3n) is 4.39. The van der Waals surface area contributed by atoms with Gasteiger partial charge in [0.25, 0.3) is 5.91 Å². The molecule has 6 heteroatoms. The maximum Gasteiger partial charge on any atom is 0.253 e. The molecule has 6 nitrogen and oxygen atoms in total. The fourth-order valence-electron chi connectivity index (χ4n) is 3.24. The molecule has 2 fully saturated rings. The average molecular weight is 286 g/mol. The van der Waals surface area contributed by atoms with Gasteiger partial charge in [-0.05, 0) is 56.6 Å². The lowest BCUT2D eigenvalue weighted by Gasteiger charge is -2.23. The van der Waals surface area contributed by atoms with Crippen LogP contribution in [0.1, 0.15) is 29.6 Å². The van der Waals surface area contributed by atoms with Crippen molar-refractivity contribution in [3.8, 4) is 0 Å². The molecule has 0 radical (unpaired) electrons. The number of hydrogen-bond donors (Lipinski definition) is 1. The SMILES string of the molecule is N=[N+]=Nc1ccc(C(=O)N2CCC(N3CCCC3)C2)cc1.